The van der Waals surface area contributed by atoms with E-state index in [1.54, 1.807) is 0 Å². The van der Waals surface area contributed by atoms with Crippen molar-refractivity contribution in [3.05, 3.63) is 29.8 Å². The van der Waals surface area contributed by atoms with Crippen molar-refractivity contribution in [2.24, 2.45) is 0 Å². The Morgan fingerprint density at radius 1 is 1.46 bits per heavy atom. The number of aliphatic hydroxyl groups excluding tert-OH is 1. The third-order valence-corrected chi connectivity index (χ3v) is 1.25. The number of ether oxygens (including phenoxy) is 1. The first kappa shape index (κ1) is 9.60. The Morgan fingerprint density at radius 3 is 2.77 bits per heavy atom. The summed E-state index contributed by atoms with van der Waals surface area (Å²) in [5, 5.41) is 8.27. The third kappa shape index (κ3) is 2.48. The van der Waals surface area contributed by atoms with Gasteiger partial charge in [-0.05, 0) is 12.1 Å². The van der Waals surface area contributed by atoms with E-state index < -0.39 is 30.0 Å². The van der Waals surface area contributed by atoms with Crippen molar-refractivity contribution in [2.75, 3.05) is 6.61 Å². The first-order valence-electron chi connectivity index (χ1n) is 3.40. The SMILES string of the molecule is O=C(CO)Oc1cc(F)ccc1F. The van der Waals surface area contributed by atoms with Crippen LogP contribution in [-0.2, 0) is 4.79 Å². The highest BCUT2D eigenvalue weighted by atomic mass is 19.1. The lowest BCUT2D eigenvalue weighted by Gasteiger charge is -2.02. The van der Waals surface area contributed by atoms with Crippen LogP contribution in [0.1, 0.15) is 0 Å². The van der Waals surface area contributed by atoms with Crippen molar-refractivity contribution in [2.45, 2.75) is 0 Å². The van der Waals surface area contributed by atoms with E-state index in [0.29, 0.717) is 0 Å². The quantitative estimate of drug-likeness (QED) is 0.553. The van der Waals surface area contributed by atoms with Crippen LogP contribution in [0.25, 0.3) is 0 Å². The molecular formula is C8H6F2O3. The van der Waals surface area contributed by atoms with Crippen LogP contribution in [-0.4, -0.2) is 17.7 Å². The first-order chi connectivity index (χ1) is 6.13. The zero-order valence-electron chi connectivity index (χ0n) is 6.46. The molecule has 0 saturated heterocycles. The standard InChI is InChI=1S/C8H6F2O3/c9-5-1-2-6(10)7(3-5)13-8(12)4-11/h1-3,11H,4H2. The summed E-state index contributed by atoms with van der Waals surface area (Å²) in [4.78, 5) is 10.5. The van der Waals surface area contributed by atoms with Crippen molar-refractivity contribution in [3.63, 3.8) is 0 Å². The lowest BCUT2D eigenvalue weighted by atomic mass is 10.3. The predicted octanol–water partition coefficient (Wildman–Crippen LogP) is 0.863. The number of esters is 1. The van der Waals surface area contributed by atoms with E-state index in [2.05, 4.69) is 4.74 Å². The minimum atomic E-state index is -1.04. The van der Waals surface area contributed by atoms with Gasteiger partial charge in [-0.25, -0.2) is 13.6 Å². The monoisotopic (exact) mass is 188 g/mol. The van der Waals surface area contributed by atoms with E-state index in [0.717, 1.165) is 18.2 Å². The minimum Gasteiger partial charge on any atom is -0.422 e. The number of hydrogen-bond acceptors (Lipinski definition) is 3. The Kier molecular flexibility index (Phi) is 2.92. The summed E-state index contributed by atoms with van der Waals surface area (Å²) in [7, 11) is 0. The molecule has 1 rings (SSSR count). The molecule has 70 valence electrons. The Labute approximate surface area is 72.6 Å². The molecule has 0 aliphatic rings. The zero-order chi connectivity index (χ0) is 9.84. The summed E-state index contributed by atoms with van der Waals surface area (Å²) in [5.41, 5.74) is 0. The lowest BCUT2D eigenvalue weighted by molar-refractivity contribution is -0.137. The van der Waals surface area contributed by atoms with E-state index in [-0.39, 0.29) is 0 Å². The lowest BCUT2D eigenvalue weighted by Crippen LogP contribution is -2.13. The maximum absolute atomic E-state index is 12.7. The van der Waals surface area contributed by atoms with E-state index >= 15 is 0 Å². The second-order valence-electron chi connectivity index (χ2n) is 2.21. The van der Waals surface area contributed by atoms with E-state index in [4.69, 9.17) is 5.11 Å². The van der Waals surface area contributed by atoms with Crippen LogP contribution < -0.4 is 4.74 Å². The van der Waals surface area contributed by atoms with Gasteiger partial charge in [0.15, 0.2) is 11.6 Å². The van der Waals surface area contributed by atoms with Crippen LogP contribution in [0, 0.1) is 11.6 Å². The summed E-state index contributed by atoms with van der Waals surface area (Å²) in [6.07, 6.45) is 0. The highest BCUT2D eigenvalue weighted by molar-refractivity contribution is 5.73. The average molecular weight is 188 g/mol. The average Bonchev–Trinajstić information content (AvgIpc) is 2.11. The second kappa shape index (κ2) is 3.95. The molecule has 0 radical (unpaired) electrons. The fraction of sp³-hybridized carbons (Fsp3) is 0.125. The van der Waals surface area contributed by atoms with Gasteiger partial charge < -0.3 is 9.84 Å². The summed E-state index contributed by atoms with van der Waals surface area (Å²) < 4.78 is 29.5. The van der Waals surface area contributed by atoms with Gasteiger partial charge in [0.1, 0.15) is 12.4 Å². The summed E-state index contributed by atoms with van der Waals surface area (Å²) >= 11 is 0. The maximum Gasteiger partial charge on any atom is 0.337 e. The number of carbonyl (C=O) groups is 1. The Morgan fingerprint density at radius 2 is 2.15 bits per heavy atom. The van der Waals surface area contributed by atoms with Crippen molar-refractivity contribution in [1.82, 2.24) is 0 Å². The van der Waals surface area contributed by atoms with E-state index in [1.165, 1.54) is 0 Å². The van der Waals surface area contributed by atoms with Crippen LogP contribution in [0.2, 0.25) is 0 Å². The van der Waals surface area contributed by atoms with Gasteiger partial charge in [-0.3, -0.25) is 0 Å². The molecule has 0 heterocycles. The molecule has 0 amide bonds. The van der Waals surface area contributed by atoms with Crippen LogP contribution in [0.5, 0.6) is 5.75 Å². The number of rotatable bonds is 2. The molecule has 0 aliphatic carbocycles. The highest BCUT2D eigenvalue weighted by Crippen LogP contribution is 2.17. The molecule has 0 atom stereocenters. The largest absolute Gasteiger partial charge is 0.422 e. The van der Waals surface area contributed by atoms with Gasteiger partial charge in [-0.2, -0.15) is 0 Å². The van der Waals surface area contributed by atoms with Gasteiger partial charge >= 0.3 is 5.97 Å². The summed E-state index contributed by atoms with van der Waals surface area (Å²) in [5.74, 6) is -3.14. The first-order valence-corrected chi connectivity index (χ1v) is 3.40. The Hall–Kier alpha value is -1.49. The van der Waals surface area contributed by atoms with Crippen molar-refractivity contribution < 1.29 is 23.4 Å². The van der Waals surface area contributed by atoms with Crippen LogP contribution >= 0.6 is 0 Å². The smallest absolute Gasteiger partial charge is 0.337 e. The molecular weight excluding hydrogens is 182 g/mol. The molecule has 0 aliphatic heterocycles. The minimum absolute atomic E-state index is 0.529. The van der Waals surface area contributed by atoms with Gasteiger partial charge in [0.2, 0.25) is 0 Å². The fourth-order valence-electron chi connectivity index (χ4n) is 0.710. The van der Waals surface area contributed by atoms with Gasteiger partial charge in [-0.1, -0.05) is 0 Å². The Bertz CT molecular complexity index is 325. The molecule has 1 N–H and O–H groups in total. The molecule has 1 aromatic rings. The maximum atomic E-state index is 12.7. The van der Waals surface area contributed by atoms with Crippen molar-refractivity contribution in [1.29, 1.82) is 0 Å². The molecule has 5 heteroatoms. The predicted molar refractivity (Wildman–Crippen MR) is 39.1 cm³/mol. The van der Waals surface area contributed by atoms with Gasteiger partial charge in [0.05, 0.1) is 0 Å². The summed E-state index contributed by atoms with van der Waals surface area (Å²) in [6, 6.07) is 2.45. The van der Waals surface area contributed by atoms with Crippen LogP contribution in [0.3, 0.4) is 0 Å². The number of carbonyl (C=O) groups excluding carboxylic acids is 1. The normalized spacial score (nSPS) is 9.77. The fourth-order valence-corrected chi connectivity index (χ4v) is 0.710. The molecule has 0 unspecified atom stereocenters. The number of hydrogen-bond donors (Lipinski definition) is 1. The Balaban J connectivity index is 2.87. The van der Waals surface area contributed by atoms with E-state index in [9.17, 15) is 13.6 Å². The molecule has 0 bridgehead atoms. The molecule has 1 aromatic carbocycles. The molecule has 0 fully saturated rings. The zero-order valence-corrected chi connectivity index (χ0v) is 6.46. The van der Waals surface area contributed by atoms with Gasteiger partial charge in [-0.15, -0.1) is 0 Å². The number of halogens is 2. The van der Waals surface area contributed by atoms with Gasteiger partial charge in [0, 0.05) is 6.07 Å². The van der Waals surface area contributed by atoms with Crippen LogP contribution in [0.4, 0.5) is 8.78 Å². The topological polar surface area (TPSA) is 46.5 Å². The van der Waals surface area contributed by atoms with Gasteiger partial charge in [0.25, 0.3) is 0 Å². The number of benzene rings is 1. The summed E-state index contributed by atoms with van der Waals surface area (Å²) in [6.45, 7) is -0.879. The molecule has 0 spiro atoms. The third-order valence-electron chi connectivity index (χ3n) is 1.25. The van der Waals surface area contributed by atoms with Crippen LogP contribution in [0.15, 0.2) is 18.2 Å². The molecule has 0 saturated carbocycles. The molecule has 3 nitrogen and oxygen atoms in total. The number of aliphatic hydroxyl groups is 1. The molecule has 0 aromatic heterocycles. The molecule has 13 heavy (non-hydrogen) atoms. The second-order valence-corrected chi connectivity index (χ2v) is 2.21. The van der Waals surface area contributed by atoms with Crippen molar-refractivity contribution in [3.8, 4) is 5.75 Å². The highest BCUT2D eigenvalue weighted by Gasteiger charge is 2.08. The van der Waals surface area contributed by atoms with Crippen molar-refractivity contribution >= 4 is 5.97 Å². The van der Waals surface area contributed by atoms with E-state index in [1.807, 2.05) is 0 Å².